The SMILES string of the molecule is O=C(O)CN1CCN(C(=O)c2ccc(Br)c(F)c2)CC1. The van der Waals surface area contributed by atoms with E-state index in [2.05, 4.69) is 15.9 Å². The molecule has 7 heteroatoms. The minimum absolute atomic E-state index is 0.0189. The molecular weight excluding hydrogens is 331 g/mol. The van der Waals surface area contributed by atoms with E-state index in [1.54, 1.807) is 15.9 Å². The van der Waals surface area contributed by atoms with Crippen molar-refractivity contribution in [3.63, 3.8) is 0 Å². The maximum absolute atomic E-state index is 13.4. The van der Waals surface area contributed by atoms with E-state index in [0.29, 0.717) is 36.2 Å². The minimum atomic E-state index is -0.875. The first-order chi connectivity index (χ1) is 9.47. The Morgan fingerprint density at radius 1 is 1.25 bits per heavy atom. The second-order valence-electron chi connectivity index (χ2n) is 4.59. The van der Waals surface area contributed by atoms with E-state index in [1.807, 2.05) is 0 Å². The molecule has 1 aromatic carbocycles. The summed E-state index contributed by atoms with van der Waals surface area (Å²) < 4.78 is 13.7. The quantitative estimate of drug-likeness (QED) is 0.901. The molecule has 1 amide bonds. The number of carboxylic acids is 1. The van der Waals surface area contributed by atoms with Crippen molar-refractivity contribution in [3.05, 3.63) is 34.1 Å². The number of hydrogen-bond donors (Lipinski definition) is 1. The Kier molecular flexibility index (Phi) is 4.72. The van der Waals surface area contributed by atoms with Crippen LogP contribution < -0.4 is 0 Å². The minimum Gasteiger partial charge on any atom is -0.480 e. The molecule has 1 N–H and O–H groups in total. The Morgan fingerprint density at radius 3 is 2.45 bits per heavy atom. The number of hydrogen-bond acceptors (Lipinski definition) is 3. The van der Waals surface area contributed by atoms with Gasteiger partial charge in [0, 0.05) is 31.7 Å². The van der Waals surface area contributed by atoms with Gasteiger partial charge in [-0.3, -0.25) is 14.5 Å². The zero-order chi connectivity index (χ0) is 14.7. The molecule has 0 aliphatic carbocycles. The maximum atomic E-state index is 13.4. The van der Waals surface area contributed by atoms with Gasteiger partial charge in [-0.15, -0.1) is 0 Å². The molecule has 0 radical (unpaired) electrons. The van der Waals surface area contributed by atoms with Crippen LogP contribution in [-0.2, 0) is 4.79 Å². The third-order valence-corrected chi connectivity index (χ3v) is 3.83. The highest BCUT2D eigenvalue weighted by atomic mass is 79.9. The number of piperazine rings is 1. The predicted molar refractivity (Wildman–Crippen MR) is 74.1 cm³/mol. The maximum Gasteiger partial charge on any atom is 0.317 e. The first kappa shape index (κ1) is 14.9. The molecule has 2 rings (SSSR count). The molecule has 5 nitrogen and oxygen atoms in total. The monoisotopic (exact) mass is 344 g/mol. The van der Waals surface area contributed by atoms with Crippen LogP contribution in [0.1, 0.15) is 10.4 Å². The molecular formula is C13H14BrFN2O3. The van der Waals surface area contributed by atoms with Crippen molar-refractivity contribution < 1.29 is 19.1 Å². The number of nitrogens with zero attached hydrogens (tertiary/aromatic N) is 2. The van der Waals surface area contributed by atoms with Gasteiger partial charge < -0.3 is 10.0 Å². The highest BCUT2D eigenvalue weighted by Gasteiger charge is 2.23. The molecule has 0 saturated carbocycles. The number of carbonyl (C=O) groups is 2. The van der Waals surface area contributed by atoms with E-state index in [9.17, 15) is 14.0 Å². The molecule has 0 unspecified atom stereocenters. The fourth-order valence-corrected chi connectivity index (χ4v) is 2.36. The topological polar surface area (TPSA) is 60.9 Å². The number of rotatable bonds is 3. The molecule has 20 heavy (non-hydrogen) atoms. The van der Waals surface area contributed by atoms with Gasteiger partial charge in [-0.2, -0.15) is 0 Å². The smallest absolute Gasteiger partial charge is 0.317 e. The average molecular weight is 345 g/mol. The van der Waals surface area contributed by atoms with Gasteiger partial charge in [0.25, 0.3) is 5.91 Å². The molecule has 0 atom stereocenters. The van der Waals surface area contributed by atoms with Crippen LogP contribution in [0.15, 0.2) is 22.7 Å². The van der Waals surface area contributed by atoms with Crippen molar-refractivity contribution in [1.29, 1.82) is 0 Å². The molecule has 108 valence electrons. The second-order valence-corrected chi connectivity index (χ2v) is 5.45. The van der Waals surface area contributed by atoms with Crippen LogP contribution in [0, 0.1) is 5.82 Å². The van der Waals surface area contributed by atoms with Crippen molar-refractivity contribution in [2.24, 2.45) is 0 Å². The molecule has 1 saturated heterocycles. The summed E-state index contributed by atoms with van der Waals surface area (Å²) in [6.45, 7) is 1.90. The fraction of sp³-hybridized carbons (Fsp3) is 0.385. The van der Waals surface area contributed by atoms with Gasteiger partial charge in [-0.05, 0) is 34.1 Å². The summed E-state index contributed by atoms with van der Waals surface area (Å²) in [5.41, 5.74) is 0.303. The van der Waals surface area contributed by atoms with Gasteiger partial charge in [-0.1, -0.05) is 0 Å². The molecule has 1 aliphatic heterocycles. The molecule has 0 aromatic heterocycles. The van der Waals surface area contributed by atoms with E-state index in [-0.39, 0.29) is 12.5 Å². The number of amides is 1. The standard InChI is InChI=1S/C13H14BrFN2O3/c14-10-2-1-9(7-11(10)15)13(20)17-5-3-16(4-6-17)8-12(18)19/h1-2,7H,3-6,8H2,(H,18,19). The van der Waals surface area contributed by atoms with Crippen molar-refractivity contribution in [2.45, 2.75) is 0 Å². The van der Waals surface area contributed by atoms with Gasteiger partial charge >= 0.3 is 5.97 Å². The van der Waals surface area contributed by atoms with Crippen molar-refractivity contribution in [3.8, 4) is 0 Å². The van der Waals surface area contributed by atoms with Crippen LogP contribution in [-0.4, -0.2) is 59.5 Å². The largest absolute Gasteiger partial charge is 0.480 e. The van der Waals surface area contributed by atoms with Crippen molar-refractivity contribution in [2.75, 3.05) is 32.7 Å². The summed E-state index contributed by atoms with van der Waals surface area (Å²) in [5, 5.41) is 8.71. The molecule has 0 bridgehead atoms. The zero-order valence-corrected chi connectivity index (χ0v) is 12.3. The van der Waals surface area contributed by atoms with Crippen molar-refractivity contribution >= 4 is 27.8 Å². The van der Waals surface area contributed by atoms with Crippen LogP contribution in [0.5, 0.6) is 0 Å². The Bertz CT molecular complexity index is 530. The Balaban J connectivity index is 1.97. The third-order valence-electron chi connectivity index (χ3n) is 3.18. The lowest BCUT2D eigenvalue weighted by Gasteiger charge is -2.33. The summed E-state index contributed by atoms with van der Waals surface area (Å²) in [6.07, 6.45) is 0. The number of benzene rings is 1. The predicted octanol–water partition coefficient (Wildman–Crippen LogP) is 1.43. The Labute approximate surface area is 124 Å². The lowest BCUT2D eigenvalue weighted by molar-refractivity contribution is -0.138. The summed E-state index contributed by atoms with van der Waals surface area (Å²) in [6, 6.07) is 4.28. The molecule has 1 fully saturated rings. The normalized spacial score (nSPS) is 16.2. The third kappa shape index (κ3) is 3.55. The van der Waals surface area contributed by atoms with E-state index in [1.165, 1.54) is 12.1 Å². The summed E-state index contributed by atoms with van der Waals surface area (Å²) >= 11 is 3.04. The lowest BCUT2D eigenvalue weighted by atomic mass is 10.1. The van der Waals surface area contributed by atoms with Gasteiger partial charge in [-0.25, -0.2) is 4.39 Å². The second kappa shape index (κ2) is 6.32. The lowest BCUT2D eigenvalue weighted by Crippen LogP contribution is -2.49. The molecule has 0 spiro atoms. The van der Waals surface area contributed by atoms with Crippen LogP contribution in [0.2, 0.25) is 0 Å². The van der Waals surface area contributed by atoms with E-state index >= 15 is 0 Å². The first-order valence-electron chi connectivity index (χ1n) is 6.16. The van der Waals surface area contributed by atoms with Gasteiger partial charge in [0.05, 0.1) is 11.0 Å². The number of carbonyl (C=O) groups excluding carboxylic acids is 1. The van der Waals surface area contributed by atoms with E-state index in [0.717, 1.165) is 0 Å². The molecule has 1 aromatic rings. The van der Waals surface area contributed by atoms with Gasteiger partial charge in [0.1, 0.15) is 5.82 Å². The zero-order valence-electron chi connectivity index (χ0n) is 10.7. The Hall–Kier alpha value is -1.47. The number of halogens is 2. The fourth-order valence-electron chi connectivity index (χ4n) is 2.11. The van der Waals surface area contributed by atoms with Crippen molar-refractivity contribution in [1.82, 2.24) is 9.80 Å². The summed E-state index contributed by atoms with van der Waals surface area (Å²) in [7, 11) is 0. The van der Waals surface area contributed by atoms with Gasteiger partial charge in [0.2, 0.25) is 0 Å². The first-order valence-corrected chi connectivity index (χ1v) is 6.95. The number of carboxylic acid groups (broad SMARTS) is 1. The van der Waals surface area contributed by atoms with Crippen LogP contribution >= 0.6 is 15.9 Å². The van der Waals surface area contributed by atoms with Crippen LogP contribution in [0.25, 0.3) is 0 Å². The number of aliphatic carboxylic acids is 1. The van der Waals surface area contributed by atoms with E-state index in [4.69, 9.17) is 5.11 Å². The highest BCUT2D eigenvalue weighted by Crippen LogP contribution is 2.18. The molecule has 1 aliphatic rings. The molecule has 1 heterocycles. The van der Waals surface area contributed by atoms with E-state index < -0.39 is 11.8 Å². The van der Waals surface area contributed by atoms with Crippen LogP contribution in [0.3, 0.4) is 0 Å². The Morgan fingerprint density at radius 2 is 1.90 bits per heavy atom. The highest BCUT2D eigenvalue weighted by molar-refractivity contribution is 9.10. The van der Waals surface area contributed by atoms with Gasteiger partial charge in [0.15, 0.2) is 0 Å². The summed E-state index contributed by atoms with van der Waals surface area (Å²) in [5.74, 6) is -1.58. The summed E-state index contributed by atoms with van der Waals surface area (Å²) in [4.78, 5) is 26.2. The average Bonchev–Trinajstić information content (AvgIpc) is 2.41. The van der Waals surface area contributed by atoms with Crippen LogP contribution in [0.4, 0.5) is 4.39 Å².